The fraction of sp³-hybridized carbons (Fsp3) is 0.378. The zero-order valence-corrected chi connectivity index (χ0v) is 26.7. The van der Waals surface area contributed by atoms with Crippen LogP contribution in [0.15, 0.2) is 91.4 Å². The van der Waals surface area contributed by atoms with Gasteiger partial charge < -0.3 is 29.8 Å². The van der Waals surface area contributed by atoms with Crippen molar-refractivity contribution in [2.75, 3.05) is 33.4 Å². The molecule has 2 heterocycles. The highest BCUT2D eigenvalue weighted by atomic mass is 16.5. The molecule has 0 radical (unpaired) electrons. The molecule has 1 unspecified atom stereocenters. The van der Waals surface area contributed by atoms with E-state index in [2.05, 4.69) is 41.2 Å². The zero-order valence-electron chi connectivity index (χ0n) is 26.7. The van der Waals surface area contributed by atoms with Gasteiger partial charge in [-0.1, -0.05) is 66.7 Å². The van der Waals surface area contributed by atoms with Gasteiger partial charge in [0.05, 0.1) is 45.0 Å². The second-order valence-corrected chi connectivity index (χ2v) is 12.0. The van der Waals surface area contributed by atoms with Gasteiger partial charge >= 0.3 is 0 Å². The average molecular weight is 625 g/mol. The maximum absolute atomic E-state index is 14.3. The molecule has 1 aromatic heterocycles. The Balaban J connectivity index is 1.27. The molecule has 4 aromatic rings. The van der Waals surface area contributed by atoms with E-state index in [1.807, 2.05) is 59.5 Å². The van der Waals surface area contributed by atoms with Crippen LogP contribution in [0.2, 0.25) is 0 Å². The van der Waals surface area contributed by atoms with E-state index >= 15 is 0 Å². The summed E-state index contributed by atoms with van der Waals surface area (Å²) in [5.41, 5.74) is 10.4. The first-order valence-corrected chi connectivity index (χ1v) is 15.9. The molecule has 0 aliphatic carbocycles. The first kappa shape index (κ1) is 32.9. The van der Waals surface area contributed by atoms with Crippen molar-refractivity contribution in [2.24, 2.45) is 17.6 Å². The lowest BCUT2D eigenvalue weighted by Gasteiger charge is -2.51. The molecule has 5 rings (SSSR count). The molecule has 9 nitrogen and oxygen atoms in total. The Kier molecular flexibility index (Phi) is 11.2. The van der Waals surface area contributed by atoms with Gasteiger partial charge in [0.25, 0.3) is 0 Å². The van der Waals surface area contributed by atoms with Crippen LogP contribution in [0.1, 0.15) is 40.8 Å². The number of carbonyl (C=O) groups excluding carboxylic acids is 2. The fourth-order valence-corrected chi connectivity index (χ4v) is 6.21. The van der Waals surface area contributed by atoms with Crippen molar-refractivity contribution in [1.82, 2.24) is 14.9 Å². The second kappa shape index (κ2) is 15.7. The second-order valence-electron chi connectivity index (χ2n) is 12.0. The van der Waals surface area contributed by atoms with Crippen molar-refractivity contribution >= 4 is 11.8 Å². The Hall–Kier alpha value is -4.47. The number of ether oxygens (including phenoxy) is 3. The van der Waals surface area contributed by atoms with E-state index in [0.717, 1.165) is 46.5 Å². The van der Waals surface area contributed by atoms with E-state index in [4.69, 9.17) is 19.9 Å². The number of amides is 2. The number of benzene rings is 3. The van der Waals surface area contributed by atoms with Gasteiger partial charge in [-0.2, -0.15) is 0 Å². The monoisotopic (exact) mass is 624 g/mol. The first-order valence-electron chi connectivity index (χ1n) is 15.9. The van der Waals surface area contributed by atoms with Crippen LogP contribution in [0.25, 0.3) is 0 Å². The van der Waals surface area contributed by atoms with Gasteiger partial charge in [0, 0.05) is 31.5 Å². The Morgan fingerprint density at radius 2 is 1.63 bits per heavy atom. The number of H-pyrrole nitrogens is 1. The molecule has 3 aromatic carbocycles. The van der Waals surface area contributed by atoms with Gasteiger partial charge in [-0.15, -0.1) is 0 Å². The number of imidazole rings is 1. The van der Waals surface area contributed by atoms with Gasteiger partial charge in [0.2, 0.25) is 11.8 Å². The van der Waals surface area contributed by atoms with Gasteiger partial charge in [-0.3, -0.25) is 9.59 Å². The fourth-order valence-electron chi connectivity index (χ4n) is 6.21. The number of nitrogens with one attached hydrogen (secondary N) is 1. The number of nitrogens with two attached hydrogens (primary N) is 1. The number of primary amides is 1. The quantitative estimate of drug-likeness (QED) is 0.160. The lowest BCUT2D eigenvalue weighted by Crippen LogP contribution is -2.64. The largest absolute Gasteiger partial charge is 0.497 e. The minimum absolute atomic E-state index is 0.110. The summed E-state index contributed by atoms with van der Waals surface area (Å²) in [5.74, 6) is -1.29. The number of unbranched alkanes of at least 4 members (excludes halogenated alkanes) is 1. The normalized spacial score (nSPS) is 15.1. The van der Waals surface area contributed by atoms with Crippen LogP contribution in [-0.4, -0.2) is 60.1 Å². The highest BCUT2D eigenvalue weighted by Gasteiger charge is 2.50. The van der Waals surface area contributed by atoms with Crippen molar-refractivity contribution in [3.8, 4) is 5.75 Å². The summed E-state index contributed by atoms with van der Waals surface area (Å²) >= 11 is 0. The van der Waals surface area contributed by atoms with Crippen LogP contribution in [0.4, 0.5) is 0 Å². The van der Waals surface area contributed by atoms with Crippen LogP contribution >= 0.6 is 0 Å². The Morgan fingerprint density at radius 3 is 2.30 bits per heavy atom. The van der Waals surface area contributed by atoms with Crippen LogP contribution in [-0.2, 0) is 44.1 Å². The van der Waals surface area contributed by atoms with Gasteiger partial charge in [0.1, 0.15) is 11.4 Å². The standard InChI is InChI=1S/C37H44N4O5/c1-27-10-6-7-13-34(27)37(46-19-9-8-18-45-23-29-11-4-3-5-12-29)24-41(25-37)36(43)33(20-28-14-16-31(44-2)17-15-28)32(35(38)42)21-30-22-39-26-40-30/h3-7,10-17,22,26,32-33H,8-9,18-21,23-25H2,1-2H3,(H2,38,42)(H,39,40)/t32?,33-/m1/s1. The third-order valence-electron chi connectivity index (χ3n) is 8.79. The van der Waals surface area contributed by atoms with Gasteiger partial charge in [-0.05, 0) is 60.6 Å². The first-order chi connectivity index (χ1) is 22.4. The lowest BCUT2D eigenvalue weighted by atomic mass is 9.78. The molecule has 0 spiro atoms. The SMILES string of the molecule is COc1ccc(C[C@@H](C(=O)N2CC(OCCCCOCc3ccccc3)(c3ccccc3C)C2)C(Cc2cnc[nH]2)C(N)=O)cc1. The van der Waals surface area contributed by atoms with Crippen molar-refractivity contribution in [3.63, 3.8) is 0 Å². The van der Waals surface area contributed by atoms with E-state index in [9.17, 15) is 9.59 Å². The number of aromatic amines is 1. The molecular formula is C37H44N4O5. The van der Waals surface area contributed by atoms with Crippen LogP contribution < -0.4 is 10.5 Å². The summed E-state index contributed by atoms with van der Waals surface area (Å²) in [6.07, 6.45) is 5.59. The third-order valence-corrected chi connectivity index (χ3v) is 8.79. The number of hydrogen-bond acceptors (Lipinski definition) is 6. The van der Waals surface area contributed by atoms with Crippen LogP contribution in [0, 0.1) is 18.8 Å². The molecule has 1 saturated heterocycles. The lowest BCUT2D eigenvalue weighted by molar-refractivity contribution is -0.178. The molecule has 46 heavy (non-hydrogen) atoms. The van der Waals surface area contributed by atoms with E-state index < -0.39 is 23.3 Å². The number of nitrogens with zero attached hydrogens (tertiary/aromatic N) is 2. The van der Waals surface area contributed by atoms with Crippen LogP contribution in [0.3, 0.4) is 0 Å². The van der Waals surface area contributed by atoms with Gasteiger partial charge in [-0.25, -0.2) is 4.98 Å². The Bertz CT molecular complexity index is 1540. The molecule has 3 N–H and O–H groups in total. The molecule has 1 aliphatic rings. The number of rotatable bonds is 17. The predicted molar refractivity (Wildman–Crippen MR) is 176 cm³/mol. The maximum atomic E-state index is 14.3. The number of likely N-dealkylation sites (tertiary alicyclic amines) is 1. The molecule has 1 aliphatic heterocycles. The topological polar surface area (TPSA) is 120 Å². The molecular weight excluding hydrogens is 580 g/mol. The van der Waals surface area contributed by atoms with Crippen molar-refractivity contribution < 1.29 is 23.8 Å². The molecule has 9 heteroatoms. The van der Waals surface area contributed by atoms with E-state index in [1.54, 1.807) is 19.6 Å². The molecule has 2 amide bonds. The van der Waals surface area contributed by atoms with E-state index in [-0.39, 0.29) is 5.91 Å². The van der Waals surface area contributed by atoms with Crippen molar-refractivity contribution in [3.05, 3.63) is 119 Å². The highest BCUT2D eigenvalue weighted by Crippen LogP contribution is 2.40. The van der Waals surface area contributed by atoms with E-state index in [0.29, 0.717) is 45.8 Å². The van der Waals surface area contributed by atoms with Crippen LogP contribution in [0.5, 0.6) is 5.75 Å². The smallest absolute Gasteiger partial charge is 0.227 e. The Morgan fingerprint density at radius 1 is 0.913 bits per heavy atom. The molecule has 1 fully saturated rings. The molecule has 0 bridgehead atoms. The third kappa shape index (κ3) is 8.21. The summed E-state index contributed by atoms with van der Waals surface area (Å²) in [4.78, 5) is 36.1. The molecule has 242 valence electrons. The number of hydrogen-bond donors (Lipinski definition) is 2. The average Bonchev–Trinajstić information content (AvgIpc) is 3.57. The maximum Gasteiger partial charge on any atom is 0.227 e. The Labute approximate surface area is 271 Å². The summed E-state index contributed by atoms with van der Waals surface area (Å²) < 4.78 is 17.8. The number of methoxy groups -OCH3 is 1. The minimum Gasteiger partial charge on any atom is -0.497 e. The predicted octanol–water partition coefficient (Wildman–Crippen LogP) is 4.98. The molecule has 2 atom stereocenters. The van der Waals surface area contributed by atoms with Crippen molar-refractivity contribution in [2.45, 2.75) is 44.8 Å². The van der Waals surface area contributed by atoms with Crippen molar-refractivity contribution in [1.29, 1.82) is 0 Å². The molecule has 0 saturated carbocycles. The number of aryl methyl sites for hydroxylation is 1. The summed E-state index contributed by atoms with van der Waals surface area (Å²) in [5, 5.41) is 0. The highest BCUT2D eigenvalue weighted by molar-refractivity contribution is 5.88. The zero-order chi connectivity index (χ0) is 32.4. The number of aromatic nitrogens is 2. The summed E-state index contributed by atoms with van der Waals surface area (Å²) in [7, 11) is 1.61. The summed E-state index contributed by atoms with van der Waals surface area (Å²) in [6.45, 7) is 4.66. The summed E-state index contributed by atoms with van der Waals surface area (Å²) in [6, 6.07) is 25.9. The minimum atomic E-state index is -0.722. The number of carbonyl (C=O) groups is 2. The van der Waals surface area contributed by atoms with Gasteiger partial charge in [0.15, 0.2) is 0 Å². The van der Waals surface area contributed by atoms with E-state index in [1.165, 1.54) is 0 Å².